The normalized spacial score (nSPS) is 11.5. The highest BCUT2D eigenvalue weighted by molar-refractivity contribution is 5.85. The molecular formula is C13H19ClF2N2O4. The Labute approximate surface area is 133 Å². The quantitative estimate of drug-likeness (QED) is 0.745. The van der Waals surface area contributed by atoms with E-state index in [9.17, 15) is 13.6 Å². The van der Waals surface area contributed by atoms with Gasteiger partial charge in [-0.2, -0.15) is 8.78 Å². The number of rotatable bonds is 8. The van der Waals surface area contributed by atoms with Gasteiger partial charge in [-0.1, -0.05) is 6.07 Å². The molecule has 1 aromatic carbocycles. The molecule has 1 rings (SSSR count). The minimum absolute atomic E-state index is 0. The number of methoxy groups -OCH3 is 2. The summed E-state index contributed by atoms with van der Waals surface area (Å²) in [6.07, 6.45) is 0. The number of carbonyl (C=O) groups is 1. The summed E-state index contributed by atoms with van der Waals surface area (Å²) in [7, 11) is 2.78. The molecule has 22 heavy (non-hydrogen) atoms. The van der Waals surface area contributed by atoms with E-state index in [0.29, 0.717) is 5.56 Å². The first kappa shape index (κ1) is 20.4. The Hall–Kier alpha value is -1.64. The van der Waals surface area contributed by atoms with Crippen molar-refractivity contribution in [2.75, 3.05) is 20.8 Å². The Balaban J connectivity index is 0.00000441. The summed E-state index contributed by atoms with van der Waals surface area (Å²) in [6, 6.07) is 3.69. The molecule has 1 aromatic rings. The highest BCUT2D eigenvalue weighted by Crippen LogP contribution is 2.29. The van der Waals surface area contributed by atoms with Crippen LogP contribution in [0.4, 0.5) is 8.78 Å². The van der Waals surface area contributed by atoms with Crippen LogP contribution in [-0.4, -0.2) is 39.4 Å². The molecule has 126 valence electrons. The number of benzene rings is 1. The van der Waals surface area contributed by atoms with Gasteiger partial charge in [0, 0.05) is 13.7 Å². The third-order valence-corrected chi connectivity index (χ3v) is 2.59. The predicted octanol–water partition coefficient (Wildman–Crippen LogP) is 1.31. The van der Waals surface area contributed by atoms with Crippen LogP contribution in [0.2, 0.25) is 0 Å². The maximum atomic E-state index is 12.3. The molecule has 0 saturated carbocycles. The Morgan fingerprint density at radius 3 is 2.55 bits per heavy atom. The summed E-state index contributed by atoms with van der Waals surface area (Å²) < 4.78 is 38.6. The smallest absolute Gasteiger partial charge is 0.387 e. The molecular weight excluding hydrogens is 322 g/mol. The fourth-order valence-corrected chi connectivity index (χ4v) is 1.59. The average molecular weight is 341 g/mol. The summed E-state index contributed by atoms with van der Waals surface area (Å²) in [5.41, 5.74) is 6.13. The lowest BCUT2D eigenvalue weighted by molar-refractivity contribution is -0.123. The fourth-order valence-electron chi connectivity index (χ4n) is 1.59. The van der Waals surface area contributed by atoms with Gasteiger partial charge in [0.15, 0.2) is 11.5 Å². The second-order valence-electron chi connectivity index (χ2n) is 4.14. The summed E-state index contributed by atoms with van der Waals surface area (Å²) >= 11 is 0. The third-order valence-electron chi connectivity index (χ3n) is 2.59. The summed E-state index contributed by atoms with van der Waals surface area (Å²) in [4.78, 5) is 11.6. The maximum Gasteiger partial charge on any atom is 0.387 e. The van der Waals surface area contributed by atoms with Crippen LogP contribution in [0.3, 0.4) is 0 Å². The van der Waals surface area contributed by atoms with Crippen molar-refractivity contribution in [1.82, 2.24) is 5.32 Å². The van der Waals surface area contributed by atoms with Crippen LogP contribution in [0.1, 0.15) is 5.56 Å². The topological polar surface area (TPSA) is 82.8 Å². The largest absolute Gasteiger partial charge is 0.493 e. The van der Waals surface area contributed by atoms with E-state index in [2.05, 4.69) is 10.1 Å². The van der Waals surface area contributed by atoms with E-state index in [4.69, 9.17) is 15.2 Å². The Kier molecular flexibility index (Phi) is 9.39. The monoisotopic (exact) mass is 340 g/mol. The van der Waals surface area contributed by atoms with Crippen molar-refractivity contribution in [3.63, 3.8) is 0 Å². The van der Waals surface area contributed by atoms with Gasteiger partial charge in [0.1, 0.15) is 6.04 Å². The fraction of sp³-hybridized carbons (Fsp3) is 0.462. The van der Waals surface area contributed by atoms with Gasteiger partial charge in [-0.3, -0.25) is 4.79 Å². The lowest BCUT2D eigenvalue weighted by atomic mass is 10.2. The predicted molar refractivity (Wildman–Crippen MR) is 78.6 cm³/mol. The molecule has 0 spiro atoms. The standard InChI is InChI=1S/C13H18F2N2O4.ClH/c1-19-7-9(16)12(18)17-6-8-3-4-10(20-2)11(5-8)21-13(14)15;/h3-5,9,13H,6-7,16H2,1-2H3,(H,17,18);1H. The van der Waals surface area contributed by atoms with E-state index in [-0.39, 0.29) is 37.1 Å². The Morgan fingerprint density at radius 1 is 1.32 bits per heavy atom. The molecule has 1 atom stereocenters. The lowest BCUT2D eigenvalue weighted by Gasteiger charge is -2.13. The van der Waals surface area contributed by atoms with Crippen molar-refractivity contribution in [3.8, 4) is 11.5 Å². The van der Waals surface area contributed by atoms with E-state index in [1.54, 1.807) is 6.07 Å². The summed E-state index contributed by atoms with van der Waals surface area (Å²) in [5, 5.41) is 2.57. The van der Waals surface area contributed by atoms with Crippen LogP contribution in [-0.2, 0) is 16.1 Å². The van der Waals surface area contributed by atoms with E-state index >= 15 is 0 Å². The molecule has 0 aromatic heterocycles. The minimum Gasteiger partial charge on any atom is -0.493 e. The molecule has 1 unspecified atom stereocenters. The molecule has 0 radical (unpaired) electrons. The molecule has 0 aliphatic carbocycles. The Bertz CT molecular complexity index is 477. The van der Waals surface area contributed by atoms with E-state index in [1.807, 2.05) is 0 Å². The highest BCUT2D eigenvalue weighted by Gasteiger charge is 2.14. The van der Waals surface area contributed by atoms with Crippen molar-refractivity contribution in [2.45, 2.75) is 19.2 Å². The van der Waals surface area contributed by atoms with Crippen molar-refractivity contribution in [1.29, 1.82) is 0 Å². The highest BCUT2D eigenvalue weighted by atomic mass is 35.5. The second-order valence-corrected chi connectivity index (χ2v) is 4.14. The van der Waals surface area contributed by atoms with E-state index < -0.39 is 18.6 Å². The molecule has 0 bridgehead atoms. The first-order chi connectivity index (χ1) is 9.97. The van der Waals surface area contributed by atoms with Crippen LogP contribution in [0.25, 0.3) is 0 Å². The lowest BCUT2D eigenvalue weighted by Crippen LogP contribution is -2.43. The van der Waals surface area contributed by atoms with E-state index in [0.717, 1.165) is 0 Å². The van der Waals surface area contributed by atoms with Crippen molar-refractivity contribution in [3.05, 3.63) is 23.8 Å². The molecule has 0 aliphatic rings. The molecule has 0 aliphatic heterocycles. The number of nitrogens with one attached hydrogen (secondary N) is 1. The van der Waals surface area contributed by atoms with Gasteiger partial charge in [-0.15, -0.1) is 12.4 Å². The number of ether oxygens (including phenoxy) is 3. The number of hydrogen-bond acceptors (Lipinski definition) is 5. The second kappa shape index (κ2) is 10.1. The van der Waals surface area contributed by atoms with Crippen molar-refractivity contribution in [2.24, 2.45) is 5.73 Å². The molecule has 1 amide bonds. The van der Waals surface area contributed by atoms with Crippen LogP contribution in [0, 0.1) is 0 Å². The van der Waals surface area contributed by atoms with Crippen molar-refractivity contribution >= 4 is 18.3 Å². The van der Waals surface area contributed by atoms with Gasteiger partial charge in [-0.05, 0) is 17.7 Å². The minimum atomic E-state index is -2.96. The number of carbonyl (C=O) groups excluding carboxylic acids is 1. The summed E-state index contributed by atoms with van der Waals surface area (Å²) in [6.45, 7) is -2.74. The van der Waals surface area contributed by atoms with Gasteiger partial charge in [0.05, 0.1) is 13.7 Å². The number of amides is 1. The Morgan fingerprint density at radius 2 is 2.00 bits per heavy atom. The molecule has 9 heteroatoms. The number of alkyl halides is 2. The molecule has 0 saturated heterocycles. The van der Waals surface area contributed by atoms with Crippen LogP contribution in [0.5, 0.6) is 11.5 Å². The molecule has 6 nitrogen and oxygen atoms in total. The molecule has 3 N–H and O–H groups in total. The molecule has 0 heterocycles. The zero-order valence-corrected chi connectivity index (χ0v) is 13.0. The van der Waals surface area contributed by atoms with Gasteiger partial charge in [0.2, 0.25) is 5.91 Å². The SMILES string of the molecule is COCC(N)C(=O)NCc1ccc(OC)c(OC(F)F)c1.Cl. The van der Waals surface area contributed by atoms with Gasteiger partial charge in [0.25, 0.3) is 0 Å². The zero-order chi connectivity index (χ0) is 15.8. The first-order valence-electron chi connectivity index (χ1n) is 6.12. The maximum absolute atomic E-state index is 12.3. The van der Waals surface area contributed by atoms with Gasteiger partial charge >= 0.3 is 6.61 Å². The summed E-state index contributed by atoms with van der Waals surface area (Å²) in [5.74, 6) is -0.314. The zero-order valence-electron chi connectivity index (χ0n) is 12.2. The number of hydrogen-bond donors (Lipinski definition) is 2. The third kappa shape index (κ3) is 6.42. The van der Waals surface area contributed by atoms with E-state index in [1.165, 1.54) is 26.4 Å². The number of halogens is 3. The van der Waals surface area contributed by atoms with Crippen molar-refractivity contribution < 1.29 is 27.8 Å². The van der Waals surface area contributed by atoms with Crippen LogP contribution in [0.15, 0.2) is 18.2 Å². The molecule has 0 fully saturated rings. The van der Waals surface area contributed by atoms with Gasteiger partial charge < -0.3 is 25.3 Å². The first-order valence-corrected chi connectivity index (χ1v) is 6.12. The van der Waals surface area contributed by atoms with Gasteiger partial charge in [-0.25, -0.2) is 0 Å². The van der Waals surface area contributed by atoms with Crippen LogP contribution >= 0.6 is 12.4 Å². The number of nitrogens with two attached hydrogens (primary N) is 1. The average Bonchev–Trinajstić information content (AvgIpc) is 2.44. The van der Waals surface area contributed by atoms with Crippen LogP contribution < -0.4 is 20.5 Å².